The second-order valence-electron chi connectivity index (χ2n) is 23.0. The summed E-state index contributed by atoms with van der Waals surface area (Å²) >= 11 is 0. The number of hydrogen-bond acceptors (Lipinski definition) is 2. The number of benzene rings is 13. The lowest BCUT2D eigenvalue weighted by molar-refractivity contribution is -0.137. The summed E-state index contributed by atoms with van der Waals surface area (Å²) in [6, 6.07) is 75.8. The zero-order valence-electron chi connectivity index (χ0n) is 48.7. The van der Waals surface area contributed by atoms with Crippen molar-refractivity contribution in [1.82, 2.24) is 4.98 Å². The van der Waals surface area contributed by atoms with Gasteiger partial charge in [-0.1, -0.05) is 205 Å². The maximum atomic E-state index is 11.0. The van der Waals surface area contributed by atoms with Crippen molar-refractivity contribution in [2.75, 3.05) is 0 Å². The normalized spacial score (nSPS) is 13.1. The molecule has 4 heteroatoms. The number of aryl methyl sites for hydroxylation is 1. The molecule has 0 atom stereocenters. The number of aliphatic imine (C=N–C) groups is 1. The molecule has 2 heterocycles. The van der Waals surface area contributed by atoms with Crippen molar-refractivity contribution in [1.29, 1.82) is 0 Å². The molecule has 414 valence electrons. The third-order valence-electron chi connectivity index (χ3n) is 17.3. The molecule has 1 aliphatic heterocycles. The maximum absolute atomic E-state index is 11.0. The van der Waals surface area contributed by atoms with Gasteiger partial charge in [0.05, 0.1) is 17.1 Å². The smallest absolute Gasteiger partial charge is 0.303 e. The Kier molecular flexibility index (Phi) is 13.6. The second-order valence-corrected chi connectivity index (χ2v) is 23.0. The molecular formula is C84H56N2O2. The number of carbonyl (C=O) groups is 1. The monoisotopic (exact) mass is 1120 g/mol. The number of aromatic nitrogens is 1. The van der Waals surface area contributed by atoms with Gasteiger partial charge in [-0.2, -0.15) is 0 Å². The summed E-state index contributed by atoms with van der Waals surface area (Å²) < 4.78 is 0. The number of aromatic amines is 1. The summed E-state index contributed by atoms with van der Waals surface area (Å²) in [6.45, 7) is 4.27. The Morgan fingerprint density at radius 2 is 0.932 bits per heavy atom. The van der Waals surface area contributed by atoms with Crippen molar-refractivity contribution in [2.45, 2.75) is 39.5 Å². The van der Waals surface area contributed by atoms with E-state index in [4.69, 9.17) is 10.1 Å². The predicted molar refractivity (Wildman–Crippen MR) is 370 cm³/mol. The topological polar surface area (TPSA) is 65.4 Å². The van der Waals surface area contributed by atoms with Gasteiger partial charge in [-0.3, -0.25) is 4.79 Å². The van der Waals surface area contributed by atoms with E-state index in [9.17, 15) is 4.79 Å². The molecule has 0 unspecified atom stereocenters. The van der Waals surface area contributed by atoms with Crippen molar-refractivity contribution in [2.24, 2.45) is 4.99 Å². The highest BCUT2D eigenvalue weighted by Crippen LogP contribution is 2.44. The van der Waals surface area contributed by atoms with Gasteiger partial charge in [0.25, 0.3) is 0 Å². The lowest BCUT2D eigenvalue weighted by Gasteiger charge is -2.15. The fourth-order valence-corrected chi connectivity index (χ4v) is 13.1. The third-order valence-corrected chi connectivity index (χ3v) is 17.3. The lowest BCUT2D eigenvalue weighted by atomic mass is 9.88. The molecule has 1 aromatic heterocycles. The molecule has 88 heavy (non-hydrogen) atoms. The van der Waals surface area contributed by atoms with Crippen LogP contribution in [0, 0.1) is 42.4 Å². The zero-order chi connectivity index (χ0) is 59.2. The van der Waals surface area contributed by atoms with Crippen LogP contribution in [0.5, 0.6) is 0 Å². The van der Waals surface area contributed by atoms with Crippen molar-refractivity contribution < 1.29 is 9.90 Å². The van der Waals surface area contributed by atoms with E-state index in [0.29, 0.717) is 12.8 Å². The van der Waals surface area contributed by atoms with Gasteiger partial charge in [-0.25, -0.2) is 4.99 Å². The van der Waals surface area contributed by atoms with Crippen LogP contribution in [0.15, 0.2) is 241 Å². The summed E-state index contributed by atoms with van der Waals surface area (Å²) in [4.78, 5) is 20.1. The summed E-state index contributed by atoms with van der Waals surface area (Å²) in [5.41, 5.74) is 14.9. The van der Waals surface area contributed by atoms with Crippen LogP contribution in [0.2, 0.25) is 0 Å². The standard InChI is InChI=1S/C84H56N2O2/c1-53-51-67(49-39-58-31-27-56(28-32-58)37-41-64-47-45-62-18-9-22-71-69-20-7-14-60-16-11-24-73(76(60)69)80(64)78(62)71)85-83(53)82(66-43-35-55(36-44-66)13-5-3-4-6-26-75(87)88)84-54(2)52-68(86-84)50-40-59-33-29-57(30-34-59)38-42-65-48-46-63-19-10-23-72-70-21-8-15-61-17-12-25-74(77(61)70)81(65)79(63)72/h7-12,14-25,27-36,39-40,43-52,85H,3-4,6,26H2,1-2H3,(H,87,88)/b49-39+,50-40+,84-82-. The highest BCUT2D eigenvalue weighted by molar-refractivity contribution is 6.35. The fourth-order valence-electron chi connectivity index (χ4n) is 13.1. The van der Waals surface area contributed by atoms with E-state index in [2.05, 4.69) is 297 Å². The molecule has 0 amide bonds. The quantitative estimate of drug-likeness (QED) is 0.0620. The van der Waals surface area contributed by atoms with Gasteiger partial charge in [-0.15, -0.1) is 0 Å². The van der Waals surface area contributed by atoms with E-state index in [-0.39, 0.29) is 6.42 Å². The number of carboxylic acid groups (broad SMARTS) is 1. The highest BCUT2D eigenvalue weighted by Gasteiger charge is 2.22. The minimum absolute atomic E-state index is 0.163. The average molecular weight is 1130 g/mol. The molecule has 14 aromatic rings. The molecule has 0 radical (unpaired) electrons. The zero-order valence-corrected chi connectivity index (χ0v) is 48.7. The first-order valence-electron chi connectivity index (χ1n) is 30.1. The Bertz CT molecular complexity index is 5520. The molecule has 4 nitrogen and oxygen atoms in total. The SMILES string of the molecule is CC1=CC(/C=C/c2ccc(C#Cc3ccc4cccc5c6cccc7cccc(c3c45)c76)cc2)=NC/1=C(/c1ccc(C#CCCCCC(=O)O)cc1)c1[nH]c(/C=C/c2ccc(C#Cc3ccc4cccc5c6cccc7cccc(c3c45)c76)cc2)cc1C. The van der Waals surface area contributed by atoms with Crippen molar-refractivity contribution >= 4 is 122 Å². The van der Waals surface area contributed by atoms with Gasteiger partial charge in [0.2, 0.25) is 0 Å². The van der Waals surface area contributed by atoms with Gasteiger partial charge >= 0.3 is 5.97 Å². The van der Waals surface area contributed by atoms with Crippen LogP contribution in [0.4, 0.5) is 0 Å². The number of nitrogens with zero attached hydrogens (tertiary/aromatic N) is 1. The van der Waals surface area contributed by atoms with Crippen molar-refractivity contribution in [3.8, 4) is 35.5 Å². The first kappa shape index (κ1) is 53.3. The van der Waals surface area contributed by atoms with Gasteiger partial charge < -0.3 is 10.1 Å². The molecule has 0 bridgehead atoms. The molecule has 0 aliphatic carbocycles. The average Bonchev–Trinajstić information content (AvgIpc) is 1.48. The van der Waals surface area contributed by atoms with E-state index < -0.39 is 5.97 Å². The lowest BCUT2D eigenvalue weighted by Crippen LogP contribution is -1.96. The first-order chi connectivity index (χ1) is 43.3. The fraction of sp³-hybridized carbons (Fsp3) is 0.0714. The molecule has 0 saturated carbocycles. The molecule has 13 aromatic carbocycles. The molecule has 1 aliphatic rings. The van der Waals surface area contributed by atoms with Crippen LogP contribution in [0.1, 0.15) is 94.1 Å². The first-order valence-corrected chi connectivity index (χ1v) is 30.1. The molecule has 0 saturated heterocycles. The van der Waals surface area contributed by atoms with Crippen LogP contribution in [0.25, 0.3) is 110 Å². The second kappa shape index (κ2) is 22.5. The van der Waals surface area contributed by atoms with Crippen LogP contribution in [-0.2, 0) is 4.79 Å². The Morgan fingerprint density at radius 3 is 1.45 bits per heavy atom. The maximum Gasteiger partial charge on any atom is 0.303 e. The highest BCUT2D eigenvalue weighted by atomic mass is 16.4. The van der Waals surface area contributed by atoms with Gasteiger partial charge in [0.1, 0.15) is 0 Å². The summed E-state index contributed by atoms with van der Waals surface area (Å²) in [5.74, 6) is 19.9. The summed E-state index contributed by atoms with van der Waals surface area (Å²) in [5, 5.41) is 29.1. The number of allylic oxidation sites excluding steroid dienone is 3. The molecule has 2 N–H and O–H groups in total. The van der Waals surface area contributed by atoms with E-state index in [0.717, 1.165) is 90.4 Å². The minimum atomic E-state index is -0.773. The van der Waals surface area contributed by atoms with Gasteiger partial charge in [0, 0.05) is 62.7 Å². The van der Waals surface area contributed by atoms with Gasteiger partial charge in [-0.05, 0) is 203 Å². The summed E-state index contributed by atoms with van der Waals surface area (Å²) in [7, 11) is 0. The van der Waals surface area contributed by atoms with Crippen LogP contribution >= 0.6 is 0 Å². The van der Waals surface area contributed by atoms with E-state index in [1.807, 2.05) is 0 Å². The Labute approximate surface area is 510 Å². The largest absolute Gasteiger partial charge is 0.481 e. The van der Waals surface area contributed by atoms with Crippen LogP contribution in [-0.4, -0.2) is 21.8 Å². The number of fused-ring (bicyclic) bond motifs is 4. The van der Waals surface area contributed by atoms with Gasteiger partial charge in [0.15, 0.2) is 0 Å². The minimum Gasteiger partial charge on any atom is -0.481 e. The number of aliphatic carboxylic acids is 1. The Hall–Kier alpha value is -11.5. The molecule has 0 fully saturated rings. The molecule has 0 spiro atoms. The van der Waals surface area contributed by atoms with E-state index in [1.54, 1.807) is 0 Å². The predicted octanol–water partition coefficient (Wildman–Crippen LogP) is 20.3. The number of rotatable bonds is 10. The van der Waals surface area contributed by atoms with Crippen LogP contribution < -0.4 is 0 Å². The van der Waals surface area contributed by atoms with Crippen LogP contribution in [0.3, 0.4) is 0 Å². The third kappa shape index (κ3) is 9.92. The molecule has 15 rings (SSSR count). The number of nitrogens with one attached hydrogen (secondary N) is 1. The van der Waals surface area contributed by atoms with Crippen molar-refractivity contribution in [3.63, 3.8) is 0 Å². The number of H-pyrrole nitrogens is 1. The summed E-state index contributed by atoms with van der Waals surface area (Å²) in [6.07, 6.45) is 12.8. The van der Waals surface area contributed by atoms with E-state index in [1.165, 1.54) is 86.2 Å². The number of carboxylic acids is 1. The number of hydrogen-bond donors (Lipinski definition) is 2. The number of unbranched alkanes of at least 4 members (excludes halogenated alkanes) is 2. The Balaban J connectivity index is 0.703. The van der Waals surface area contributed by atoms with E-state index >= 15 is 0 Å². The Morgan fingerprint density at radius 1 is 0.466 bits per heavy atom. The molecular weight excluding hydrogens is 1070 g/mol. The van der Waals surface area contributed by atoms with Crippen molar-refractivity contribution in [3.05, 3.63) is 297 Å².